The van der Waals surface area contributed by atoms with Gasteiger partial charge < -0.3 is 26.4 Å². The van der Waals surface area contributed by atoms with Crippen molar-refractivity contribution in [3.05, 3.63) is 0 Å². The fourth-order valence-corrected chi connectivity index (χ4v) is 2.82. The molecule has 0 radical (unpaired) electrons. The molecule has 0 aromatic carbocycles. The number of hydrogen-bond donors (Lipinski definition) is 4. The number of amides is 3. The van der Waals surface area contributed by atoms with Crippen molar-refractivity contribution in [2.24, 2.45) is 5.73 Å². The molecule has 2 unspecified atom stereocenters. The van der Waals surface area contributed by atoms with Crippen LogP contribution < -0.4 is 16.4 Å². The van der Waals surface area contributed by atoms with Gasteiger partial charge in [0.2, 0.25) is 17.7 Å². The molecule has 0 aliphatic carbocycles. The third-order valence-corrected chi connectivity index (χ3v) is 4.33. The average Bonchev–Trinajstić information content (AvgIpc) is 3.05. The SMILES string of the molecule is CSCCC(N)C(=O)NCC(=O)NCC(=O)N1CCCC1C(=O)O. The van der Waals surface area contributed by atoms with Gasteiger partial charge in [-0.15, -0.1) is 0 Å². The number of carbonyl (C=O) groups excluding carboxylic acids is 3. The molecule has 0 saturated carbocycles. The lowest BCUT2D eigenvalue weighted by Gasteiger charge is -2.21. The molecule has 10 heteroatoms. The monoisotopic (exact) mass is 360 g/mol. The second-order valence-electron chi connectivity index (χ2n) is 5.47. The number of aliphatic carboxylic acids is 1. The summed E-state index contributed by atoms with van der Waals surface area (Å²) in [7, 11) is 0. The van der Waals surface area contributed by atoms with Gasteiger partial charge in [-0.25, -0.2) is 4.79 Å². The molecule has 1 rings (SSSR count). The van der Waals surface area contributed by atoms with Crippen molar-refractivity contribution < 1.29 is 24.3 Å². The molecule has 0 aromatic heterocycles. The molecular formula is C14H24N4O5S. The van der Waals surface area contributed by atoms with Gasteiger partial charge in [0.1, 0.15) is 6.04 Å². The van der Waals surface area contributed by atoms with E-state index in [0.717, 1.165) is 5.75 Å². The van der Waals surface area contributed by atoms with Crippen molar-refractivity contribution in [2.75, 3.05) is 31.6 Å². The van der Waals surface area contributed by atoms with Gasteiger partial charge in [-0.05, 0) is 31.3 Å². The van der Waals surface area contributed by atoms with E-state index in [-0.39, 0.29) is 13.1 Å². The lowest BCUT2D eigenvalue weighted by atomic mass is 10.2. The molecule has 9 nitrogen and oxygen atoms in total. The van der Waals surface area contributed by atoms with E-state index in [1.165, 1.54) is 4.90 Å². The van der Waals surface area contributed by atoms with Crippen molar-refractivity contribution in [3.63, 3.8) is 0 Å². The van der Waals surface area contributed by atoms with E-state index < -0.39 is 35.8 Å². The van der Waals surface area contributed by atoms with Crippen LogP contribution in [0.4, 0.5) is 0 Å². The Balaban J connectivity index is 2.29. The van der Waals surface area contributed by atoms with Crippen LogP contribution in [0.1, 0.15) is 19.3 Å². The van der Waals surface area contributed by atoms with Crippen molar-refractivity contribution >= 4 is 35.5 Å². The Morgan fingerprint density at radius 1 is 1.29 bits per heavy atom. The quantitative estimate of drug-likeness (QED) is 0.387. The fraction of sp³-hybridized carbons (Fsp3) is 0.714. The van der Waals surface area contributed by atoms with E-state index in [9.17, 15) is 19.2 Å². The minimum Gasteiger partial charge on any atom is -0.480 e. The van der Waals surface area contributed by atoms with E-state index in [2.05, 4.69) is 10.6 Å². The van der Waals surface area contributed by atoms with Crippen LogP contribution in [0, 0.1) is 0 Å². The van der Waals surface area contributed by atoms with Crippen LogP contribution in [-0.2, 0) is 19.2 Å². The zero-order valence-corrected chi connectivity index (χ0v) is 14.4. The second-order valence-corrected chi connectivity index (χ2v) is 6.45. The van der Waals surface area contributed by atoms with E-state index in [4.69, 9.17) is 10.8 Å². The lowest BCUT2D eigenvalue weighted by molar-refractivity contribution is -0.148. The predicted octanol–water partition coefficient (Wildman–Crippen LogP) is -1.63. The maximum atomic E-state index is 12.0. The molecule has 1 aliphatic rings. The summed E-state index contributed by atoms with van der Waals surface area (Å²) in [6.45, 7) is -0.203. The van der Waals surface area contributed by atoms with Crippen LogP contribution in [0.2, 0.25) is 0 Å². The summed E-state index contributed by atoms with van der Waals surface area (Å²) in [6, 6.07) is -1.50. The first-order valence-electron chi connectivity index (χ1n) is 7.68. The van der Waals surface area contributed by atoms with Gasteiger partial charge in [-0.3, -0.25) is 14.4 Å². The second kappa shape index (κ2) is 10.1. The molecular weight excluding hydrogens is 336 g/mol. The number of likely N-dealkylation sites (tertiary alicyclic amines) is 1. The van der Waals surface area contributed by atoms with Crippen LogP contribution in [0.25, 0.3) is 0 Å². The van der Waals surface area contributed by atoms with Crippen LogP contribution in [0.15, 0.2) is 0 Å². The summed E-state index contributed by atoms with van der Waals surface area (Å²) in [4.78, 5) is 47.6. The van der Waals surface area contributed by atoms with E-state index in [0.29, 0.717) is 25.8 Å². The number of nitrogens with two attached hydrogens (primary N) is 1. The predicted molar refractivity (Wildman–Crippen MR) is 89.4 cm³/mol. The maximum Gasteiger partial charge on any atom is 0.326 e. The Labute approximate surface area is 144 Å². The summed E-state index contributed by atoms with van der Waals surface area (Å²) in [5.74, 6) is -1.69. The van der Waals surface area contributed by atoms with E-state index in [1.807, 2.05) is 6.26 Å². The van der Waals surface area contributed by atoms with Crippen LogP contribution >= 0.6 is 11.8 Å². The van der Waals surface area contributed by atoms with Crippen LogP contribution in [-0.4, -0.2) is 77.4 Å². The number of carboxylic acid groups (broad SMARTS) is 1. The lowest BCUT2D eigenvalue weighted by Crippen LogP contribution is -2.48. The summed E-state index contributed by atoms with van der Waals surface area (Å²) >= 11 is 1.57. The summed E-state index contributed by atoms with van der Waals surface area (Å²) < 4.78 is 0. The highest BCUT2D eigenvalue weighted by Gasteiger charge is 2.33. The number of carbonyl (C=O) groups is 4. The smallest absolute Gasteiger partial charge is 0.326 e. The molecule has 0 bridgehead atoms. The minimum absolute atomic E-state index is 0.276. The van der Waals surface area contributed by atoms with E-state index in [1.54, 1.807) is 11.8 Å². The van der Waals surface area contributed by atoms with Gasteiger partial charge in [0.25, 0.3) is 0 Å². The highest BCUT2D eigenvalue weighted by Crippen LogP contribution is 2.17. The molecule has 0 aromatic rings. The Kier molecular flexibility index (Phi) is 8.55. The van der Waals surface area contributed by atoms with Crippen molar-refractivity contribution in [3.8, 4) is 0 Å². The Morgan fingerprint density at radius 2 is 2.00 bits per heavy atom. The zero-order valence-electron chi connectivity index (χ0n) is 13.6. The van der Waals surface area contributed by atoms with Crippen molar-refractivity contribution in [1.82, 2.24) is 15.5 Å². The number of nitrogens with one attached hydrogen (secondary N) is 2. The number of hydrogen-bond acceptors (Lipinski definition) is 6. The average molecular weight is 360 g/mol. The van der Waals surface area contributed by atoms with Crippen LogP contribution in [0.5, 0.6) is 0 Å². The topological polar surface area (TPSA) is 142 Å². The molecule has 1 aliphatic heterocycles. The molecule has 1 saturated heterocycles. The Morgan fingerprint density at radius 3 is 2.62 bits per heavy atom. The van der Waals surface area contributed by atoms with Gasteiger partial charge in [0.05, 0.1) is 19.1 Å². The highest BCUT2D eigenvalue weighted by molar-refractivity contribution is 7.98. The first-order valence-corrected chi connectivity index (χ1v) is 9.07. The summed E-state index contributed by atoms with van der Waals surface area (Å²) in [6.07, 6.45) is 3.46. The third-order valence-electron chi connectivity index (χ3n) is 3.69. The van der Waals surface area contributed by atoms with E-state index >= 15 is 0 Å². The normalized spacial score (nSPS) is 18.1. The molecule has 1 heterocycles. The zero-order chi connectivity index (χ0) is 18.1. The molecule has 0 spiro atoms. The number of rotatable bonds is 9. The first kappa shape index (κ1) is 20.2. The molecule has 136 valence electrons. The highest BCUT2D eigenvalue weighted by atomic mass is 32.2. The molecule has 2 atom stereocenters. The molecule has 3 amide bonds. The molecule has 5 N–H and O–H groups in total. The Hall–Kier alpha value is -1.81. The number of nitrogens with zero attached hydrogens (tertiary/aromatic N) is 1. The number of thioether (sulfide) groups is 1. The van der Waals surface area contributed by atoms with Gasteiger partial charge in [-0.2, -0.15) is 11.8 Å². The minimum atomic E-state index is -1.04. The van der Waals surface area contributed by atoms with Crippen molar-refractivity contribution in [2.45, 2.75) is 31.3 Å². The summed E-state index contributed by atoms with van der Waals surface area (Å²) in [5, 5.41) is 13.8. The van der Waals surface area contributed by atoms with Gasteiger partial charge in [0, 0.05) is 6.54 Å². The van der Waals surface area contributed by atoms with Gasteiger partial charge in [-0.1, -0.05) is 0 Å². The largest absolute Gasteiger partial charge is 0.480 e. The number of carboxylic acids is 1. The molecule has 1 fully saturated rings. The first-order chi connectivity index (χ1) is 11.4. The Bertz CT molecular complexity index is 488. The van der Waals surface area contributed by atoms with Gasteiger partial charge >= 0.3 is 5.97 Å². The standard InChI is InChI=1S/C14H24N4O5S/c1-24-6-4-9(15)13(21)17-7-11(19)16-8-12(20)18-5-2-3-10(18)14(22)23/h9-10H,2-8,15H2,1H3,(H,16,19)(H,17,21)(H,22,23). The van der Waals surface area contributed by atoms with Crippen molar-refractivity contribution in [1.29, 1.82) is 0 Å². The van der Waals surface area contributed by atoms with Crippen LogP contribution in [0.3, 0.4) is 0 Å². The maximum absolute atomic E-state index is 12.0. The molecule has 24 heavy (non-hydrogen) atoms. The third kappa shape index (κ3) is 6.36. The van der Waals surface area contributed by atoms with Gasteiger partial charge in [0.15, 0.2) is 0 Å². The summed E-state index contributed by atoms with van der Waals surface area (Å²) in [5.41, 5.74) is 5.66. The fourth-order valence-electron chi connectivity index (χ4n) is 2.33.